The highest BCUT2D eigenvalue weighted by Gasteiger charge is 2.18. The summed E-state index contributed by atoms with van der Waals surface area (Å²) in [6, 6.07) is 6.63. The van der Waals surface area contributed by atoms with Crippen LogP contribution in [0.3, 0.4) is 0 Å². The number of carbonyl (C=O) groups is 1. The molecule has 4 N–H and O–H groups in total. The second kappa shape index (κ2) is 9.09. The van der Waals surface area contributed by atoms with E-state index in [9.17, 15) is 9.90 Å². The highest BCUT2D eigenvalue weighted by molar-refractivity contribution is 5.86. The Hall–Kier alpha value is -1.93. The highest BCUT2D eigenvalue weighted by atomic mass is 16.5. The van der Waals surface area contributed by atoms with Gasteiger partial charge in [-0.05, 0) is 23.8 Å². The van der Waals surface area contributed by atoms with Gasteiger partial charge in [0.1, 0.15) is 24.6 Å². The van der Waals surface area contributed by atoms with Crippen LogP contribution in [0.15, 0.2) is 36.4 Å². The van der Waals surface area contributed by atoms with Gasteiger partial charge in [0.05, 0.1) is 6.61 Å². The summed E-state index contributed by atoms with van der Waals surface area (Å²) in [5, 5.41) is 27.2. The third-order valence-electron chi connectivity index (χ3n) is 2.71. The number of aliphatic hydroxyl groups is 2. The van der Waals surface area contributed by atoms with Gasteiger partial charge in [0, 0.05) is 13.2 Å². The minimum absolute atomic E-state index is 0.0756. The van der Waals surface area contributed by atoms with Crippen LogP contribution in [0.25, 0.3) is 0 Å². The Kier molecular flexibility index (Phi) is 7.41. The largest absolute Gasteiger partial charge is 0.491 e. The van der Waals surface area contributed by atoms with Crippen LogP contribution < -0.4 is 10.2 Å². The molecule has 1 aromatic rings. The molecular formula is C14H19NO6. The summed E-state index contributed by atoms with van der Waals surface area (Å²) < 4.78 is 10.3. The quantitative estimate of drug-likeness (QED) is 0.309. The molecule has 1 aromatic carbocycles. The molecule has 0 saturated heterocycles. The van der Waals surface area contributed by atoms with Gasteiger partial charge in [-0.3, -0.25) is 10.0 Å². The third-order valence-corrected chi connectivity index (χ3v) is 2.71. The summed E-state index contributed by atoms with van der Waals surface area (Å²) in [5.74, 6) is -0.138. The summed E-state index contributed by atoms with van der Waals surface area (Å²) in [7, 11) is 1.40. The van der Waals surface area contributed by atoms with Crippen molar-refractivity contribution in [2.75, 3.05) is 20.3 Å². The second-order valence-electron chi connectivity index (χ2n) is 4.12. The summed E-state index contributed by atoms with van der Waals surface area (Å²) in [5.41, 5.74) is 2.03. The molecule has 7 heteroatoms. The predicted octanol–water partition coefficient (Wildman–Crippen LogP) is 0.168. The molecule has 0 bridgehead atoms. The molecule has 1 amide bonds. The number of rotatable bonds is 8. The van der Waals surface area contributed by atoms with Crippen LogP contribution in [0.5, 0.6) is 5.75 Å². The summed E-state index contributed by atoms with van der Waals surface area (Å²) in [6.07, 6.45) is 0.679. The zero-order chi connectivity index (χ0) is 15.7. The van der Waals surface area contributed by atoms with E-state index in [2.05, 4.69) is 0 Å². The fourth-order valence-corrected chi connectivity index (χ4v) is 1.65. The van der Waals surface area contributed by atoms with Gasteiger partial charge in [0.2, 0.25) is 0 Å². The van der Waals surface area contributed by atoms with Gasteiger partial charge in [-0.15, -0.1) is 0 Å². The molecule has 21 heavy (non-hydrogen) atoms. The molecule has 7 nitrogen and oxygen atoms in total. The molecule has 0 saturated carbocycles. The van der Waals surface area contributed by atoms with Crippen molar-refractivity contribution in [1.82, 2.24) is 5.48 Å². The number of amides is 1. The SMILES string of the molecule is CO[C@H](/C=C/C(=O)NO)[C@H](O)c1ccc(OCCO)cc1. The number of methoxy groups -OCH3 is 1. The van der Waals surface area contributed by atoms with Crippen molar-refractivity contribution >= 4 is 5.91 Å². The minimum Gasteiger partial charge on any atom is -0.491 e. The van der Waals surface area contributed by atoms with Crippen molar-refractivity contribution in [2.24, 2.45) is 0 Å². The van der Waals surface area contributed by atoms with E-state index in [4.69, 9.17) is 19.8 Å². The molecule has 0 radical (unpaired) electrons. The zero-order valence-electron chi connectivity index (χ0n) is 11.6. The molecule has 0 heterocycles. The molecular weight excluding hydrogens is 278 g/mol. The van der Waals surface area contributed by atoms with Gasteiger partial charge in [-0.2, -0.15) is 0 Å². The number of hydrogen-bond donors (Lipinski definition) is 4. The molecule has 0 aliphatic rings. The molecule has 2 atom stereocenters. The molecule has 0 aromatic heterocycles. The van der Waals surface area contributed by atoms with Gasteiger partial charge < -0.3 is 19.7 Å². The van der Waals surface area contributed by atoms with Crippen LogP contribution in [0, 0.1) is 0 Å². The van der Waals surface area contributed by atoms with Crippen LogP contribution in [-0.2, 0) is 9.53 Å². The first-order valence-corrected chi connectivity index (χ1v) is 6.29. The number of benzene rings is 1. The van der Waals surface area contributed by atoms with Crippen molar-refractivity contribution in [3.63, 3.8) is 0 Å². The Bertz CT molecular complexity index is 459. The van der Waals surface area contributed by atoms with E-state index in [-0.39, 0.29) is 13.2 Å². The summed E-state index contributed by atoms with van der Waals surface area (Å²) in [6.45, 7) is 0.120. The Morgan fingerprint density at radius 3 is 2.57 bits per heavy atom. The average molecular weight is 297 g/mol. The van der Waals surface area contributed by atoms with Gasteiger partial charge in [-0.1, -0.05) is 12.1 Å². The number of nitrogens with one attached hydrogen (secondary N) is 1. The van der Waals surface area contributed by atoms with Crippen LogP contribution in [0.4, 0.5) is 0 Å². The van der Waals surface area contributed by atoms with Gasteiger partial charge in [0.15, 0.2) is 0 Å². The smallest absolute Gasteiger partial charge is 0.267 e. The first kappa shape index (κ1) is 17.1. The lowest BCUT2D eigenvalue weighted by Gasteiger charge is -2.19. The minimum atomic E-state index is -0.982. The molecule has 0 spiro atoms. The summed E-state index contributed by atoms with van der Waals surface area (Å²) >= 11 is 0. The van der Waals surface area contributed by atoms with Crippen LogP contribution >= 0.6 is 0 Å². The van der Waals surface area contributed by atoms with E-state index in [1.807, 2.05) is 0 Å². The first-order valence-electron chi connectivity index (χ1n) is 6.29. The molecule has 1 rings (SSSR count). The molecule has 0 unspecified atom stereocenters. The van der Waals surface area contributed by atoms with Crippen molar-refractivity contribution in [2.45, 2.75) is 12.2 Å². The van der Waals surface area contributed by atoms with Crippen molar-refractivity contribution in [3.05, 3.63) is 42.0 Å². The van der Waals surface area contributed by atoms with E-state index < -0.39 is 18.1 Å². The van der Waals surface area contributed by atoms with Crippen LogP contribution in [-0.4, -0.2) is 47.8 Å². The number of aliphatic hydroxyl groups excluding tert-OH is 2. The monoisotopic (exact) mass is 297 g/mol. The normalized spacial score (nSPS) is 13.9. The van der Waals surface area contributed by atoms with Crippen molar-refractivity contribution in [1.29, 1.82) is 0 Å². The number of carbonyl (C=O) groups excluding carboxylic acids is 1. The fourth-order valence-electron chi connectivity index (χ4n) is 1.65. The Labute approximate surface area is 122 Å². The molecule has 0 aliphatic carbocycles. The summed E-state index contributed by atoms with van der Waals surface area (Å²) in [4.78, 5) is 10.9. The standard InChI is InChI=1S/C14H19NO6/c1-20-12(6-7-13(17)15-19)14(18)10-2-4-11(5-3-10)21-9-8-16/h2-7,12,14,16,18-19H,8-9H2,1H3,(H,15,17)/b7-6+/t12-,14-/m1/s1. The van der Waals surface area contributed by atoms with Gasteiger partial charge in [0.25, 0.3) is 5.91 Å². The molecule has 0 aliphatic heterocycles. The fraction of sp³-hybridized carbons (Fsp3) is 0.357. The average Bonchev–Trinajstić information content (AvgIpc) is 2.53. The van der Waals surface area contributed by atoms with E-state index in [0.717, 1.165) is 6.08 Å². The zero-order valence-corrected chi connectivity index (χ0v) is 11.6. The first-order chi connectivity index (χ1) is 10.1. The maximum absolute atomic E-state index is 10.9. The van der Waals surface area contributed by atoms with Crippen LogP contribution in [0.1, 0.15) is 11.7 Å². The number of hydrogen-bond acceptors (Lipinski definition) is 6. The number of hydroxylamine groups is 1. The van der Waals surface area contributed by atoms with E-state index in [1.54, 1.807) is 24.3 Å². The molecule has 116 valence electrons. The van der Waals surface area contributed by atoms with Gasteiger partial charge >= 0.3 is 0 Å². The molecule has 0 fully saturated rings. The second-order valence-corrected chi connectivity index (χ2v) is 4.12. The number of ether oxygens (including phenoxy) is 2. The predicted molar refractivity (Wildman–Crippen MR) is 73.8 cm³/mol. The Morgan fingerprint density at radius 2 is 2.05 bits per heavy atom. The lowest BCUT2D eigenvalue weighted by molar-refractivity contribution is -0.124. The maximum Gasteiger partial charge on any atom is 0.267 e. The van der Waals surface area contributed by atoms with E-state index in [0.29, 0.717) is 11.3 Å². The van der Waals surface area contributed by atoms with Crippen molar-refractivity contribution < 1.29 is 29.7 Å². The lowest BCUT2D eigenvalue weighted by atomic mass is 10.0. The Morgan fingerprint density at radius 1 is 1.38 bits per heavy atom. The Balaban J connectivity index is 2.73. The van der Waals surface area contributed by atoms with E-state index in [1.165, 1.54) is 18.7 Å². The van der Waals surface area contributed by atoms with Gasteiger partial charge in [-0.25, -0.2) is 5.48 Å². The highest BCUT2D eigenvalue weighted by Crippen LogP contribution is 2.22. The third kappa shape index (κ3) is 5.52. The van der Waals surface area contributed by atoms with E-state index >= 15 is 0 Å². The van der Waals surface area contributed by atoms with Crippen LogP contribution in [0.2, 0.25) is 0 Å². The topological polar surface area (TPSA) is 108 Å². The van der Waals surface area contributed by atoms with Crippen molar-refractivity contribution in [3.8, 4) is 5.75 Å². The maximum atomic E-state index is 10.9. The lowest BCUT2D eigenvalue weighted by Crippen LogP contribution is -2.21.